The molecule has 0 saturated carbocycles. The minimum Gasteiger partial charge on any atom is -0.508 e. The van der Waals surface area contributed by atoms with Crippen molar-refractivity contribution in [1.29, 1.82) is 0 Å². The second-order valence-electron chi connectivity index (χ2n) is 15.3. The number of nitrogens with two attached hydrogens (primary N) is 1. The van der Waals surface area contributed by atoms with Crippen LogP contribution >= 0.6 is 0 Å². The molecule has 1 aromatic heterocycles. The molecule has 0 spiro atoms. The second kappa shape index (κ2) is 20.4. The van der Waals surface area contributed by atoms with Gasteiger partial charge in [-0.15, -0.1) is 4.98 Å². The monoisotopic (exact) mass is 932 g/mol. The Balaban J connectivity index is 1.16. The molecule has 4 amide bonds. The van der Waals surface area contributed by atoms with E-state index in [1.54, 1.807) is 6.07 Å². The summed E-state index contributed by atoms with van der Waals surface area (Å²) in [6, 6.07) is 7.79. The van der Waals surface area contributed by atoms with Crippen molar-refractivity contribution >= 4 is 58.2 Å². The summed E-state index contributed by atoms with van der Waals surface area (Å²) in [6.07, 6.45) is -8.99. The van der Waals surface area contributed by atoms with Crippen molar-refractivity contribution in [3.8, 4) is 34.2 Å². The van der Waals surface area contributed by atoms with Gasteiger partial charge >= 0.3 is 23.6 Å². The van der Waals surface area contributed by atoms with Gasteiger partial charge in [-0.2, -0.15) is 4.98 Å². The van der Waals surface area contributed by atoms with Gasteiger partial charge in [-0.3, -0.25) is 33.8 Å². The third-order valence-corrected chi connectivity index (χ3v) is 10.3. The quantitative estimate of drug-likeness (QED) is 0.0482. The number of aliphatic carboxylic acids is 1. The van der Waals surface area contributed by atoms with Crippen LogP contribution in [0.2, 0.25) is 0 Å². The smallest absolute Gasteiger partial charge is 0.352 e. The van der Waals surface area contributed by atoms with Gasteiger partial charge in [-0.05, 0) is 62.2 Å². The molecule has 2 aromatic carbocycles. The Morgan fingerprint density at radius 2 is 1.66 bits per heavy atom. The number of nitrogens with zero attached hydrogens (tertiary/aromatic N) is 2. The molecule has 25 heteroatoms. The normalized spacial score (nSPS) is 19.4. The zero-order valence-corrected chi connectivity index (χ0v) is 35.5. The Labute approximate surface area is 376 Å². The minimum absolute atomic E-state index is 0.118. The molecule has 3 heterocycles. The average Bonchev–Trinajstić information content (AvgIpc) is 3.25. The van der Waals surface area contributed by atoms with E-state index in [4.69, 9.17) is 29.5 Å². The molecule has 25 nitrogen and oxygen atoms in total. The fourth-order valence-electron chi connectivity index (χ4n) is 7.11. The number of fused-ring (bicyclic) bond motifs is 2. The minimum atomic E-state index is -1.87. The van der Waals surface area contributed by atoms with Gasteiger partial charge < -0.3 is 71.2 Å². The number of carbonyl (C=O) groups excluding carboxylic acids is 4. The summed E-state index contributed by atoms with van der Waals surface area (Å²) in [5.74, 6) is -6.35. The first-order valence-corrected chi connectivity index (χ1v) is 20.2. The molecule has 0 radical (unpaired) electrons. The summed E-state index contributed by atoms with van der Waals surface area (Å²) in [5.41, 5.74) is 5.00. The van der Waals surface area contributed by atoms with E-state index in [0.29, 0.717) is 16.5 Å². The lowest BCUT2D eigenvalue weighted by atomic mass is 9.90. The lowest BCUT2D eigenvalue weighted by molar-refractivity contribution is -0.265. The highest BCUT2D eigenvalue weighted by atomic mass is 16.6. The number of amides is 4. The predicted octanol–water partition coefficient (Wildman–Crippen LogP) is -0.735. The molecule has 3 aliphatic rings. The maximum absolute atomic E-state index is 13.1. The van der Waals surface area contributed by atoms with Gasteiger partial charge in [-0.1, -0.05) is 6.07 Å². The Hall–Kier alpha value is -8.00. The van der Waals surface area contributed by atoms with Crippen molar-refractivity contribution < 1.29 is 72.9 Å². The van der Waals surface area contributed by atoms with Crippen molar-refractivity contribution in [3.63, 3.8) is 0 Å². The number of aromatic hydroxyl groups is 1. The van der Waals surface area contributed by atoms with Gasteiger partial charge in [0.25, 0.3) is 0 Å². The molecular weight excluding hydrogens is 889 g/mol. The first-order valence-electron chi connectivity index (χ1n) is 20.2. The zero-order valence-electron chi connectivity index (χ0n) is 35.5. The van der Waals surface area contributed by atoms with Crippen LogP contribution in [0.15, 0.2) is 68.6 Å². The maximum atomic E-state index is 13.1. The van der Waals surface area contributed by atoms with E-state index in [0.717, 1.165) is 6.92 Å². The first-order chi connectivity index (χ1) is 31.7. The number of aliphatic hydroxyl groups excluding tert-OH is 2. The van der Waals surface area contributed by atoms with Crippen LogP contribution < -0.4 is 42.9 Å². The highest BCUT2D eigenvalue weighted by Crippen LogP contribution is 2.42. The molecule has 67 heavy (non-hydrogen) atoms. The number of nitrogens with one attached hydrogen (secondary N) is 5. The van der Waals surface area contributed by atoms with E-state index in [-0.39, 0.29) is 51.7 Å². The average molecular weight is 933 g/mol. The number of H-pyrrole nitrogens is 1. The number of benzene rings is 3. The van der Waals surface area contributed by atoms with Crippen LogP contribution in [-0.2, 0) is 33.4 Å². The van der Waals surface area contributed by atoms with Crippen LogP contribution in [0.4, 0.5) is 11.6 Å². The molecule has 12 N–H and O–H groups in total. The van der Waals surface area contributed by atoms with Gasteiger partial charge in [0.1, 0.15) is 66.2 Å². The number of phenols is 1. The maximum Gasteiger partial charge on any atom is 0.352 e. The van der Waals surface area contributed by atoms with Crippen molar-refractivity contribution in [2.45, 2.75) is 82.4 Å². The number of rotatable bonds is 18. The summed E-state index contributed by atoms with van der Waals surface area (Å²) in [5, 5.41) is 61.9. The van der Waals surface area contributed by atoms with Crippen molar-refractivity contribution in [1.82, 2.24) is 30.9 Å². The van der Waals surface area contributed by atoms with E-state index in [9.17, 15) is 58.8 Å². The van der Waals surface area contributed by atoms with Gasteiger partial charge in [0, 0.05) is 47.7 Å². The summed E-state index contributed by atoms with van der Waals surface area (Å²) in [7, 11) is 0. The lowest BCUT2D eigenvalue weighted by Crippen LogP contribution is -2.66. The molecule has 6 rings (SSSR count). The Kier molecular flexibility index (Phi) is 14.8. The van der Waals surface area contributed by atoms with Gasteiger partial charge in [0.2, 0.25) is 29.6 Å². The number of aliphatic hydroxyl groups is 2. The number of aromatic nitrogens is 3. The Morgan fingerprint density at radius 3 is 2.34 bits per heavy atom. The third kappa shape index (κ3) is 11.6. The number of carboxylic acids is 2. The lowest BCUT2D eigenvalue weighted by Gasteiger charge is -2.43. The summed E-state index contributed by atoms with van der Waals surface area (Å²) < 4.78 is 22.8. The molecule has 0 unspecified atom stereocenters. The van der Waals surface area contributed by atoms with Crippen LogP contribution in [0.5, 0.6) is 11.8 Å². The number of aromatic carboxylic acids is 1. The van der Waals surface area contributed by atoms with Crippen LogP contribution in [0.3, 0.4) is 0 Å². The molecule has 1 fully saturated rings. The summed E-state index contributed by atoms with van der Waals surface area (Å²) in [4.78, 5) is 108. The van der Waals surface area contributed by atoms with Crippen LogP contribution in [0.1, 0.15) is 44.0 Å². The van der Waals surface area contributed by atoms with E-state index in [2.05, 4.69) is 36.2 Å². The molecule has 8 atom stereocenters. The highest BCUT2D eigenvalue weighted by molar-refractivity contribution is 6.08. The number of hydrogen-bond donors (Lipinski definition) is 11. The van der Waals surface area contributed by atoms with Gasteiger partial charge in [0.15, 0.2) is 11.7 Å². The molecule has 0 bridgehead atoms. The number of primary amides is 1. The summed E-state index contributed by atoms with van der Waals surface area (Å²) >= 11 is 0. The number of carbonyl (C=O) groups is 6. The van der Waals surface area contributed by atoms with E-state index in [1.165, 1.54) is 62.4 Å². The van der Waals surface area contributed by atoms with Gasteiger partial charge in [0.05, 0.1) is 5.56 Å². The predicted molar refractivity (Wildman–Crippen MR) is 229 cm³/mol. The van der Waals surface area contributed by atoms with Gasteiger partial charge in [-0.25, -0.2) is 9.59 Å². The highest BCUT2D eigenvalue weighted by Gasteiger charge is 2.47. The van der Waals surface area contributed by atoms with Crippen molar-refractivity contribution in [2.24, 2.45) is 5.73 Å². The number of hydrogen-bond acceptors (Lipinski definition) is 18. The number of ether oxygens (including phenoxy) is 3. The topological polar surface area (TPSA) is 394 Å². The zero-order chi connectivity index (χ0) is 48.9. The standard InChI is InChI=1S/C42H44N8O17/c1-16(36(58)47-26(35(43)57)10-11-30(54)55)44-37(59)17(2)65-34-32(45-18(3)51)39(62)67-29(33(34)56)15-64-42-49-40(48-41(63)50-42)46-19-4-7-22(25(12-19)38(60)61)31-23-8-5-20(52)13-27(23)66-28-14-21(53)6-9-24(28)31/h4-9,12-14,16-17,26,29,32-34,39,52,56,62H,10-11,15H2,1-3H3,(H2,43,57)(H,44,59)(H,45,51)(H,47,58)(H,54,55)(H,60,61)(H2,46,48,49,50,63)/t16-,17+,26+,29+,32+,33+,34+,39+/m0/s1. The molecule has 354 valence electrons. The summed E-state index contributed by atoms with van der Waals surface area (Å²) in [6.45, 7) is 2.92. The largest absolute Gasteiger partial charge is 0.508 e. The SMILES string of the molecule is CC(=O)N[C@@H]1[C@@H](O[C@H](C)C(=O)N[C@@H](C)C(=O)N[C@H](CCC(=O)O)C(N)=O)[C@H](O)[C@@H](COc2nc(Nc3ccc(-c4c5ccc(=O)cc-5oc5cc(O)ccc45)c(C(=O)O)c3)[nH]c(=O)n2)O[C@H]1O. The van der Waals surface area contributed by atoms with Crippen LogP contribution in [-0.4, -0.2) is 131 Å². The molecule has 1 aliphatic carbocycles. The second-order valence-corrected chi connectivity index (χ2v) is 15.3. The van der Waals surface area contributed by atoms with Crippen molar-refractivity contribution in [3.05, 3.63) is 80.9 Å². The van der Waals surface area contributed by atoms with Crippen molar-refractivity contribution in [2.75, 3.05) is 11.9 Å². The fourth-order valence-corrected chi connectivity index (χ4v) is 7.11. The van der Waals surface area contributed by atoms with E-state index in [1.807, 2.05) is 0 Å². The number of anilines is 2. The first kappa shape index (κ1) is 48.5. The molecule has 2 aliphatic heterocycles. The van der Waals surface area contributed by atoms with Crippen LogP contribution in [0, 0.1) is 0 Å². The Morgan fingerprint density at radius 1 is 0.925 bits per heavy atom. The molecule has 3 aromatic rings. The molecular formula is C42H44N8O17. The number of phenolic OH excluding ortho intramolecular Hbond substituents is 1. The third-order valence-electron chi connectivity index (χ3n) is 10.3. The van der Waals surface area contributed by atoms with E-state index < -0.39 is 109 Å². The number of carboxylic acid groups (broad SMARTS) is 2. The molecule has 1 saturated heterocycles. The number of aromatic amines is 1. The fraction of sp³-hybridized carbons (Fsp3) is 0.333. The van der Waals surface area contributed by atoms with E-state index >= 15 is 0 Å². The Bertz CT molecular complexity index is 2810. The van der Waals surface area contributed by atoms with Crippen LogP contribution in [0.25, 0.3) is 33.4 Å².